The lowest BCUT2D eigenvalue weighted by Crippen LogP contribution is -2.41. The summed E-state index contributed by atoms with van der Waals surface area (Å²) in [5.41, 5.74) is 5.85. The standard InChI is InChI=1S/C10H17N3O2.ClH/c1-7(2)5-8(6-11)12-10(14)9-3-4-15-13-9;/h3-4,7-8H,5-6,11H2,1-2H3,(H,12,14);1H. The molecular weight excluding hydrogens is 230 g/mol. The molecule has 16 heavy (non-hydrogen) atoms. The molecule has 0 spiro atoms. The first-order valence-electron chi connectivity index (χ1n) is 5.04. The average Bonchev–Trinajstić information content (AvgIpc) is 2.68. The molecule has 1 atom stereocenters. The summed E-state index contributed by atoms with van der Waals surface area (Å²) in [6.45, 7) is 4.61. The van der Waals surface area contributed by atoms with Crippen LogP contribution in [0.15, 0.2) is 16.9 Å². The van der Waals surface area contributed by atoms with E-state index in [1.165, 1.54) is 12.3 Å². The number of nitrogens with two attached hydrogens (primary N) is 1. The van der Waals surface area contributed by atoms with Gasteiger partial charge in [-0.25, -0.2) is 0 Å². The molecule has 0 aromatic carbocycles. The molecule has 0 aliphatic rings. The van der Waals surface area contributed by atoms with Gasteiger partial charge < -0.3 is 15.6 Å². The van der Waals surface area contributed by atoms with Gasteiger partial charge in [0, 0.05) is 18.7 Å². The van der Waals surface area contributed by atoms with Crippen LogP contribution in [0, 0.1) is 5.92 Å². The SMILES string of the molecule is CC(C)CC(CN)NC(=O)c1ccon1.Cl. The van der Waals surface area contributed by atoms with E-state index in [0.717, 1.165) is 6.42 Å². The Kier molecular flexibility index (Phi) is 6.76. The highest BCUT2D eigenvalue weighted by atomic mass is 35.5. The van der Waals surface area contributed by atoms with Crippen molar-refractivity contribution in [2.24, 2.45) is 11.7 Å². The van der Waals surface area contributed by atoms with Gasteiger partial charge in [-0.1, -0.05) is 19.0 Å². The molecule has 1 unspecified atom stereocenters. The predicted molar refractivity (Wildman–Crippen MR) is 63.5 cm³/mol. The van der Waals surface area contributed by atoms with Gasteiger partial charge in [-0.15, -0.1) is 12.4 Å². The first-order valence-corrected chi connectivity index (χ1v) is 5.04. The quantitative estimate of drug-likeness (QED) is 0.819. The summed E-state index contributed by atoms with van der Waals surface area (Å²) in [7, 11) is 0. The second kappa shape index (κ2) is 7.24. The van der Waals surface area contributed by atoms with E-state index in [4.69, 9.17) is 5.73 Å². The molecule has 0 aliphatic heterocycles. The molecule has 0 radical (unpaired) electrons. The summed E-state index contributed by atoms with van der Waals surface area (Å²) in [6, 6.07) is 1.52. The van der Waals surface area contributed by atoms with Gasteiger partial charge in [0.1, 0.15) is 6.26 Å². The molecule has 1 aromatic heterocycles. The molecule has 1 aromatic rings. The van der Waals surface area contributed by atoms with Crippen molar-refractivity contribution >= 4 is 18.3 Å². The highest BCUT2D eigenvalue weighted by molar-refractivity contribution is 5.92. The molecule has 5 nitrogen and oxygen atoms in total. The topological polar surface area (TPSA) is 81.1 Å². The summed E-state index contributed by atoms with van der Waals surface area (Å²) >= 11 is 0. The first kappa shape index (κ1) is 14.9. The third-order valence-corrected chi connectivity index (χ3v) is 2.05. The highest BCUT2D eigenvalue weighted by Crippen LogP contribution is 2.04. The predicted octanol–water partition coefficient (Wildman–Crippen LogP) is 1.20. The van der Waals surface area contributed by atoms with Crippen LogP contribution >= 0.6 is 12.4 Å². The Morgan fingerprint density at radius 2 is 2.31 bits per heavy atom. The van der Waals surface area contributed by atoms with Crippen molar-refractivity contribution in [2.75, 3.05) is 6.54 Å². The van der Waals surface area contributed by atoms with E-state index in [9.17, 15) is 4.79 Å². The summed E-state index contributed by atoms with van der Waals surface area (Å²) < 4.78 is 4.59. The van der Waals surface area contributed by atoms with Gasteiger partial charge in [-0.3, -0.25) is 4.79 Å². The minimum atomic E-state index is -0.236. The molecule has 1 rings (SSSR count). The van der Waals surface area contributed by atoms with Crippen LogP contribution in [-0.2, 0) is 0 Å². The fraction of sp³-hybridized carbons (Fsp3) is 0.600. The molecule has 92 valence electrons. The lowest BCUT2D eigenvalue weighted by atomic mass is 10.0. The molecular formula is C10H18ClN3O2. The minimum absolute atomic E-state index is 0. The van der Waals surface area contributed by atoms with E-state index >= 15 is 0 Å². The Bertz CT molecular complexity index is 301. The van der Waals surface area contributed by atoms with Crippen molar-refractivity contribution in [3.63, 3.8) is 0 Å². The van der Waals surface area contributed by atoms with Crippen molar-refractivity contribution < 1.29 is 9.32 Å². The first-order chi connectivity index (χ1) is 7.13. The molecule has 0 saturated heterocycles. The van der Waals surface area contributed by atoms with E-state index in [-0.39, 0.29) is 30.0 Å². The van der Waals surface area contributed by atoms with Crippen LogP contribution in [0.1, 0.15) is 30.8 Å². The monoisotopic (exact) mass is 247 g/mol. The van der Waals surface area contributed by atoms with E-state index in [2.05, 4.69) is 28.8 Å². The van der Waals surface area contributed by atoms with Crippen LogP contribution in [0.5, 0.6) is 0 Å². The van der Waals surface area contributed by atoms with E-state index < -0.39 is 0 Å². The Hall–Kier alpha value is -1.07. The maximum absolute atomic E-state index is 11.6. The second-order valence-electron chi connectivity index (χ2n) is 3.92. The van der Waals surface area contributed by atoms with Gasteiger partial charge >= 0.3 is 0 Å². The molecule has 0 aliphatic carbocycles. The molecule has 0 saturated carbocycles. The number of hydrogen-bond acceptors (Lipinski definition) is 4. The van der Waals surface area contributed by atoms with Gasteiger partial charge in [0.05, 0.1) is 0 Å². The number of nitrogens with one attached hydrogen (secondary N) is 1. The zero-order chi connectivity index (χ0) is 11.3. The van der Waals surface area contributed by atoms with Gasteiger partial charge in [-0.05, 0) is 12.3 Å². The second-order valence-corrected chi connectivity index (χ2v) is 3.92. The molecule has 1 amide bonds. The van der Waals surface area contributed by atoms with Crippen LogP contribution in [0.4, 0.5) is 0 Å². The highest BCUT2D eigenvalue weighted by Gasteiger charge is 2.15. The zero-order valence-electron chi connectivity index (χ0n) is 9.47. The van der Waals surface area contributed by atoms with Crippen LogP contribution in [0.2, 0.25) is 0 Å². The van der Waals surface area contributed by atoms with E-state index in [0.29, 0.717) is 12.5 Å². The maximum Gasteiger partial charge on any atom is 0.273 e. The number of hydrogen-bond donors (Lipinski definition) is 2. The minimum Gasteiger partial charge on any atom is -0.364 e. The average molecular weight is 248 g/mol. The van der Waals surface area contributed by atoms with E-state index in [1.54, 1.807) is 0 Å². The lowest BCUT2D eigenvalue weighted by molar-refractivity contribution is 0.0924. The summed E-state index contributed by atoms with van der Waals surface area (Å²) in [4.78, 5) is 11.6. The molecule has 0 fully saturated rings. The smallest absolute Gasteiger partial charge is 0.273 e. The third-order valence-electron chi connectivity index (χ3n) is 2.05. The van der Waals surface area contributed by atoms with E-state index in [1.807, 2.05) is 0 Å². The number of nitrogens with zero attached hydrogens (tertiary/aromatic N) is 1. The summed E-state index contributed by atoms with van der Waals surface area (Å²) in [5.74, 6) is 0.260. The van der Waals surface area contributed by atoms with Gasteiger partial charge in [0.25, 0.3) is 5.91 Å². The Labute approximate surface area is 101 Å². The van der Waals surface area contributed by atoms with Crippen molar-refractivity contribution in [3.8, 4) is 0 Å². The van der Waals surface area contributed by atoms with Gasteiger partial charge in [-0.2, -0.15) is 0 Å². The zero-order valence-corrected chi connectivity index (χ0v) is 10.3. The number of aromatic nitrogens is 1. The van der Waals surface area contributed by atoms with Crippen LogP contribution in [0.3, 0.4) is 0 Å². The third kappa shape index (κ3) is 4.63. The molecule has 1 heterocycles. The number of halogens is 1. The van der Waals surface area contributed by atoms with Crippen LogP contribution in [-0.4, -0.2) is 23.7 Å². The largest absolute Gasteiger partial charge is 0.364 e. The van der Waals surface area contributed by atoms with Crippen molar-refractivity contribution in [3.05, 3.63) is 18.0 Å². The Balaban J connectivity index is 0.00000225. The van der Waals surface area contributed by atoms with Crippen molar-refractivity contribution in [1.29, 1.82) is 0 Å². The number of amides is 1. The van der Waals surface area contributed by atoms with Crippen LogP contribution in [0.25, 0.3) is 0 Å². The number of carbonyl (C=O) groups excluding carboxylic acids is 1. The molecule has 0 bridgehead atoms. The molecule has 3 N–H and O–H groups in total. The van der Waals surface area contributed by atoms with Gasteiger partial charge in [0.15, 0.2) is 5.69 Å². The summed E-state index contributed by atoms with van der Waals surface area (Å²) in [5, 5.41) is 6.37. The Morgan fingerprint density at radius 1 is 1.62 bits per heavy atom. The fourth-order valence-electron chi connectivity index (χ4n) is 1.37. The normalized spacial score (nSPS) is 12.0. The van der Waals surface area contributed by atoms with Crippen LogP contribution < -0.4 is 11.1 Å². The van der Waals surface area contributed by atoms with Crippen molar-refractivity contribution in [1.82, 2.24) is 10.5 Å². The Morgan fingerprint density at radius 3 is 2.75 bits per heavy atom. The summed E-state index contributed by atoms with van der Waals surface area (Å²) in [6.07, 6.45) is 2.23. The number of carbonyl (C=O) groups is 1. The van der Waals surface area contributed by atoms with Gasteiger partial charge in [0.2, 0.25) is 0 Å². The molecule has 6 heteroatoms. The fourth-order valence-corrected chi connectivity index (χ4v) is 1.37. The lowest BCUT2D eigenvalue weighted by Gasteiger charge is -2.17. The maximum atomic E-state index is 11.6. The number of rotatable bonds is 5. The van der Waals surface area contributed by atoms with Crippen molar-refractivity contribution in [2.45, 2.75) is 26.3 Å².